The number of fused-ring (bicyclic) bond motifs is 4. The lowest BCUT2D eigenvalue weighted by molar-refractivity contribution is -0.132. The van der Waals surface area contributed by atoms with E-state index in [1.165, 1.54) is 11.1 Å². The van der Waals surface area contributed by atoms with Crippen molar-refractivity contribution in [3.05, 3.63) is 70.3 Å². The van der Waals surface area contributed by atoms with E-state index in [1.54, 1.807) is 44.4 Å². The number of hydrogen-bond donors (Lipinski definition) is 2. The summed E-state index contributed by atoms with van der Waals surface area (Å²) in [5, 5.41) is 2.92. The number of nitrogens with zero attached hydrogens (tertiary/aromatic N) is 2. The number of amides is 2. The minimum Gasteiger partial charge on any atom is -0.490 e. The molecule has 5 atom stereocenters. The number of ketones is 1. The molecule has 296 valence electrons. The number of allylic oxidation sites excluding steroid dienone is 2. The van der Waals surface area contributed by atoms with Crippen LogP contribution in [-0.4, -0.2) is 101 Å². The highest BCUT2D eigenvalue weighted by Gasteiger charge is 2.44. The van der Waals surface area contributed by atoms with Gasteiger partial charge in [0.2, 0.25) is 15.9 Å². The smallest absolute Gasteiger partial charge is 0.264 e. The zero-order chi connectivity index (χ0) is 39.0. The number of methoxy groups -OCH3 is 1. The van der Waals surface area contributed by atoms with E-state index in [9.17, 15) is 22.8 Å². The van der Waals surface area contributed by atoms with Crippen LogP contribution < -0.4 is 19.7 Å². The minimum absolute atomic E-state index is 0.0666. The molecule has 14 heteroatoms. The Hall–Kier alpha value is -2.72. The summed E-state index contributed by atoms with van der Waals surface area (Å²) >= 11 is 8.52. The van der Waals surface area contributed by atoms with Crippen LogP contribution in [0.5, 0.6) is 5.75 Å². The summed E-state index contributed by atoms with van der Waals surface area (Å²) in [7, 11) is -2.29. The molecule has 2 aliphatic carbocycles. The zero-order valence-corrected chi connectivity index (χ0v) is 35.5. The van der Waals surface area contributed by atoms with E-state index >= 15 is 0 Å². The average molecular weight is 897 g/mol. The zero-order valence-electron chi connectivity index (χ0n) is 31.7. The molecule has 1 saturated heterocycles. The molecule has 2 fully saturated rings. The predicted molar refractivity (Wildman–Crippen MR) is 221 cm³/mol. The van der Waals surface area contributed by atoms with Crippen LogP contribution in [0.25, 0.3) is 0 Å². The highest BCUT2D eigenvalue weighted by atomic mass is 127. The molecule has 3 heterocycles. The number of hydrogen-bond acceptors (Lipinski definition) is 9. The number of sulfonamides is 1. The van der Waals surface area contributed by atoms with Crippen LogP contribution >= 0.6 is 34.2 Å². The topological polar surface area (TPSA) is 134 Å². The van der Waals surface area contributed by atoms with Gasteiger partial charge in [-0.05, 0) is 110 Å². The van der Waals surface area contributed by atoms with Gasteiger partial charge in [0, 0.05) is 61.8 Å². The summed E-state index contributed by atoms with van der Waals surface area (Å²) in [4.78, 5) is 43.7. The fourth-order valence-electron chi connectivity index (χ4n) is 8.09. The van der Waals surface area contributed by atoms with Gasteiger partial charge in [0.15, 0.2) is 5.78 Å². The summed E-state index contributed by atoms with van der Waals surface area (Å²) in [6.07, 6.45) is 8.60. The molecule has 2 N–H and O–H groups in total. The van der Waals surface area contributed by atoms with Crippen molar-refractivity contribution < 1.29 is 32.3 Å². The van der Waals surface area contributed by atoms with Gasteiger partial charge >= 0.3 is 0 Å². The number of aryl methyl sites for hydroxylation is 1. The number of carbonyl (C=O) groups is 3. The van der Waals surface area contributed by atoms with Crippen molar-refractivity contribution >= 4 is 67.5 Å². The van der Waals surface area contributed by atoms with Crippen molar-refractivity contribution in [1.82, 2.24) is 14.9 Å². The maximum atomic E-state index is 13.3. The number of halogens is 2. The molecule has 2 bridgehead atoms. The van der Waals surface area contributed by atoms with Gasteiger partial charge in [-0.3, -0.25) is 14.4 Å². The Bertz CT molecular complexity index is 1810. The molecule has 54 heavy (non-hydrogen) atoms. The third-order valence-corrected chi connectivity index (χ3v) is 13.8. The lowest BCUT2D eigenvalue weighted by atomic mass is 9.68. The van der Waals surface area contributed by atoms with Crippen molar-refractivity contribution in [2.45, 2.75) is 63.0 Å². The van der Waals surface area contributed by atoms with Gasteiger partial charge in [-0.1, -0.05) is 53.3 Å². The standard InChI is InChI=1S/C32H37ClN2O5S.C7H14N2O2.CH3I/c1-20-5-3-7-29(36)26-11-8-24(26)17-35-18-32(14-4-6-22-15-25(33)10-12-27(22)32)19-40-30-13-9-23(16-28(30)35)31(37)34-41(38,39)21(20)2;1-11-5-4-9-3-2-8-6-7(9)10;1-2/h3,7,9-10,12-13,15-16,20-21,24,26H,4-6,8,11,14,17-19H2,1-2H3,(H,34,37);8H,2-6H2,1H3;1H3/b7-3+;;/t20-,21+,24-,26+,32-;;/m0../s1. The van der Waals surface area contributed by atoms with Gasteiger partial charge < -0.3 is 24.6 Å². The minimum atomic E-state index is -3.93. The molecule has 5 aliphatic rings. The average Bonchev–Trinajstić information content (AvgIpc) is 3.29. The Labute approximate surface area is 339 Å². The van der Waals surface area contributed by atoms with Gasteiger partial charge in [0.05, 0.1) is 30.7 Å². The van der Waals surface area contributed by atoms with Crippen LogP contribution in [0.3, 0.4) is 0 Å². The first kappa shape index (κ1) is 42.4. The Balaban J connectivity index is 0.000000369. The number of alkyl halides is 1. The van der Waals surface area contributed by atoms with Gasteiger partial charge in [0.25, 0.3) is 5.91 Å². The Kier molecular flexibility index (Phi) is 14.9. The normalized spacial score (nSPS) is 28.3. The van der Waals surface area contributed by atoms with Crippen LogP contribution in [0, 0.1) is 17.8 Å². The lowest BCUT2D eigenvalue weighted by Crippen LogP contribution is -2.49. The number of anilines is 1. The SMILES string of the molecule is CI.COCCN1CCNCC1=O.C[C@@H]1[C@@H](C)C/C=C/C(=O)[C@@H]2CC[C@H]2CN2C[C@@]3(CCCc4cc(Cl)ccc43)COc3ccc(cc32)C(=O)NS1(=O)=O. The van der Waals surface area contributed by atoms with E-state index in [1.807, 2.05) is 22.8 Å². The second-order valence-electron chi connectivity index (χ2n) is 15.0. The molecule has 1 saturated carbocycles. The number of nitrogens with one attached hydrogen (secondary N) is 2. The second-order valence-corrected chi connectivity index (χ2v) is 17.5. The molecule has 7 rings (SSSR count). The summed E-state index contributed by atoms with van der Waals surface area (Å²) in [6.45, 7) is 8.76. The highest BCUT2D eigenvalue weighted by Crippen LogP contribution is 2.46. The van der Waals surface area contributed by atoms with Crippen molar-refractivity contribution in [2.24, 2.45) is 17.8 Å². The first-order valence-corrected chi connectivity index (χ1v) is 22.9. The Morgan fingerprint density at radius 3 is 2.61 bits per heavy atom. The number of carbonyl (C=O) groups excluding carboxylic acids is 3. The second kappa shape index (κ2) is 18.9. The Morgan fingerprint density at radius 2 is 1.89 bits per heavy atom. The number of ether oxygens (including phenoxy) is 2. The lowest BCUT2D eigenvalue weighted by Gasteiger charge is -2.44. The predicted octanol–water partition coefficient (Wildman–Crippen LogP) is 5.57. The van der Waals surface area contributed by atoms with Crippen LogP contribution in [0.15, 0.2) is 48.6 Å². The molecule has 2 aromatic rings. The molecule has 0 aromatic heterocycles. The van der Waals surface area contributed by atoms with E-state index in [0.29, 0.717) is 45.0 Å². The van der Waals surface area contributed by atoms with E-state index in [0.717, 1.165) is 62.4 Å². The molecule has 0 radical (unpaired) electrons. The summed E-state index contributed by atoms with van der Waals surface area (Å²) in [6, 6.07) is 11.3. The molecule has 2 aromatic carbocycles. The molecule has 0 unspecified atom stereocenters. The quantitative estimate of drug-likeness (QED) is 0.300. The summed E-state index contributed by atoms with van der Waals surface area (Å²) < 4.78 is 39.9. The van der Waals surface area contributed by atoms with Crippen molar-refractivity contribution in [1.29, 1.82) is 0 Å². The van der Waals surface area contributed by atoms with Crippen molar-refractivity contribution in [2.75, 3.05) is 69.4 Å². The van der Waals surface area contributed by atoms with Crippen LogP contribution in [0.2, 0.25) is 5.02 Å². The van der Waals surface area contributed by atoms with Gasteiger partial charge in [-0.15, -0.1) is 0 Å². The van der Waals surface area contributed by atoms with Crippen molar-refractivity contribution in [3.8, 4) is 5.75 Å². The van der Waals surface area contributed by atoms with Gasteiger partial charge in [-0.2, -0.15) is 0 Å². The number of benzene rings is 2. The molecule has 2 amide bonds. The van der Waals surface area contributed by atoms with E-state index in [2.05, 4.69) is 49.7 Å². The third-order valence-electron chi connectivity index (χ3n) is 11.6. The highest BCUT2D eigenvalue weighted by molar-refractivity contribution is 14.1. The van der Waals surface area contributed by atoms with Crippen LogP contribution in [0.1, 0.15) is 67.4 Å². The molecule has 3 aliphatic heterocycles. The summed E-state index contributed by atoms with van der Waals surface area (Å²) in [5.74, 6) is 0.142. The largest absolute Gasteiger partial charge is 0.490 e. The molecular formula is C40H54ClIN4O7S. The summed E-state index contributed by atoms with van der Waals surface area (Å²) in [5.41, 5.74) is 3.22. The van der Waals surface area contributed by atoms with E-state index in [-0.39, 0.29) is 40.4 Å². The fourth-order valence-corrected chi connectivity index (χ4v) is 9.56. The Morgan fingerprint density at radius 1 is 1.09 bits per heavy atom. The molecule has 1 spiro atoms. The number of rotatable bonds is 3. The van der Waals surface area contributed by atoms with E-state index in [4.69, 9.17) is 21.1 Å². The van der Waals surface area contributed by atoms with Crippen molar-refractivity contribution in [3.63, 3.8) is 0 Å². The fraction of sp³-hybridized carbons (Fsp3) is 0.575. The first-order chi connectivity index (χ1) is 25.9. The van der Waals surface area contributed by atoms with Crippen LogP contribution in [-0.2, 0) is 36.2 Å². The molecule has 11 nitrogen and oxygen atoms in total. The third kappa shape index (κ3) is 9.80. The molecular weight excluding hydrogens is 843 g/mol. The maximum absolute atomic E-state index is 13.3. The van der Waals surface area contributed by atoms with Gasteiger partial charge in [0.1, 0.15) is 5.75 Å². The van der Waals surface area contributed by atoms with Crippen LogP contribution in [0.4, 0.5) is 5.69 Å². The van der Waals surface area contributed by atoms with E-state index < -0.39 is 21.2 Å². The number of piperazine rings is 1. The maximum Gasteiger partial charge on any atom is 0.264 e. The first-order valence-electron chi connectivity index (χ1n) is 18.8. The van der Waals surface area contributed by atoms with Gasteiger partial charge in [-0.25, -0.2) is 13.1 Å². The monoisotopic (exact) mass is 896 g/mol.